The van der Waals surface area contributed by atoms with Crippen molar-refractivity contribution in [2.45, 2.75) is 39.2 Å². The number of nitrogens with zero attached hydrogens (tertiary/aromatic N) is 5. The molecule has 1 N–H and O–H groups in total. The third kappa shape index (κ3) is 3.99. The van der Waals surface area contributed by atoms with Crippen LogP contribution < -0.4 is 4.74 Å². The van der Waals surface area contributed by atoms with Crippen LogP contribution in [0.15, 0.2) is 36.8 Å². The van der Waals surface area contributed by atoms with Crippen LogP contribution in [0.25, 0.3) is 33.3 Å². The molecule has 33 heavy (non-hydrogen) atoms. The van der Waals surface area contributed by atoms with Crippen LogP contribution in [-0.2, 0) is 6.42 Å². The predicted octanol–water partition coefficient (Wildman–Crippen LogP) is 4.86. The number of methoxy groups -OCH3 is 1. The number of aromatic nitrogens is 5. The fourth-order valence-corrected chi connectivity index (χ4v) is 4.76. The van der Waals surface area contributed by atoms with Crippen LogP contribution in [-0.4, -0.2) is 56.4 Å². The number of ether oxygens (including phenoxy) is 1. The molecule has 1 fully saturated rings. The van der Waals surface area contributed by atoms with Crippen molar-refractivity contribution in [2.75, 3.05) is 26.7 Å². The minimum absolute atomic E-state index is 0.229. The Hall–Kier alpha value is -3.26. The Morgan fingerprint density at radius 3 is 2.58 bits per heavy atom. The number of fused-ring (bicyclic) bond motifs is 1. The number of nitrogens with one attached hydrogen (secondary N) is 1. The first-order chi connectivity index (χ1) is 16.1. The van der Waals surface area contributed by atoms with E-state index in [1.54, 1.807) is 19.5 Å². The fraction of sp³-hybridized carbons (Fsp3) is 0.400. The van der Waals surface area contributed by atoms with Gasteiger partial charge in [-0.3, -0.25) is 4.68 Å². The van der Waals surface area contributed by atoms with Gasteiger partial charge in [0.1, 0.15) is 5.65 Å². The van der Waals surface area contributed by atoms with Crippen molar-refractivity contribution in [1.82, 2.24) is 29.6 Å². The average molecular weight is 449 g/mol. The van der Waals surface area contributed by atoms with Gasteiger partial charge in [0.15, 0.2) is 0 Å². The maximum atomic E-state index is 15.0. The molecular formula is C25H29FN6O. The lowest BCUT2D eigenvalue weighted by Crippen LogP contribution is -2.34. The van der Waals surface area contributed by atoms with Crippen LogP contribution in [0.1, 0.15) is 38.4 Å². The van der Waals surface area contributed by atoms with E-state index in [1.807, 2.05) is 29.1 Å². The Kier molecular flexibility index (Phi) is 5.85. The molecule has 0 aromatic carbocycles. The molecule has 5 rings (SSSR count). The molecule has 8 heteroatoms. The second-order valence-corrected chi connectivity index (χ2v) is 8.52. The molecule has 0 amide bonds. The fourth-order valence-electron chi connectivity index (χ4n) is 4.76. The molecule has 5 heterocycles. The molecule has 0 saturated carbocycles. The molecular weight excluding hydrogens is 419 g/mol. The van der Waals surface area contributed by atoms with Gasteiger partial charge in [-0.2, -0.15) is 4.39 Å². The van der Waals surface area contributed by atoms with Crippen molar-refractivity contribution >= 4 is 11.0 Å². The Labute approximate surface area is 192 Å². The van der Waals surface area contributed by atoms with Gasteiger partial charge in [0.2, 0.25) is 11.8 Å². The number of H-pyrrole nitrogens is 1. The summed E-state index contributed by atoms with van der Waals surface area (Å²) in [4.78, 5) is 14.8. The lowest BCUT2D eigenvalue weighted by atomic mass is 10.0. The van der Waals surface area contributed by atoms with Crippen LogP contribution in [0.2, 0.25) is 0 Å². The highest BCUT2D eigenvalue weighted by Crippen LogP contribution is 2.35. The lowest BCUT2D eigenvalue weighted by molar-refractivity contribution is 0.186. The molecule has 0 unspecified atom stereocenters. The first-order valence-electron chi connectivity index (χ1n) is 11.6. The Balaban J connectivity index is 1.53. The molecule has 4 aromatic rings. The number of hydrogen-bond donors (Lipinski definition) is 1. The highest BCUT2D eigenvalue weighted by atomic mass is 19.1. The molecule has 0 spiro atoms. The smallest absolute Gasteiger partial charge is 0.240 e. The summed E-state index contributed by atoms with van der Waals surface area (Å²) in [5.74, 6) is 0.114. The number of aromatic amines is 1. The Morgan fingerprint density at radius 1 is 1.12 bits per heavy atom. The van der Waals surface area contributed by atoms with Crippen molar-refractivity contribution in [3.8, 4) is 28.1 Å². The van der Waals surface area contributed by atoms with E-state index in [-0.39, 0.29) is 6.04 Å². The van der Waals surface area contributed by atoms with Crippen molar-refractivity contribution in [1.29, 1.82) is 0 Å². The second-order valence-electron chi connectivity index (χ2n) is 8.52. The minimum Gasteiger partial charge on any atom is -0.481 e. The SMILES string of the molecule is CCc1[nH]c2ncc(-c3cn(C4CCN(CC)CC4)nc3F)cc2c1-c1ccc(OC)nc1. The lowest BCUT2D eigenvalue weighted by Gasteiger charge is -2.30. The quantitative estimate of drug-likeness (QED) is 0.456. The number of likely N-dealkylation sites (tertiary alicyclic amines) is 1. The normalized spacial score (nSPS) is 15.4. The average Bonchev–Trinajstić information content (AvgIpc) is 3.44. The molecule has 1 aliphatic rings. The van der Waals surface area contributed by atoms with E-state index < -0.39 is 5.95 Å². The van der Waals surface area contributed by atoms with Crippen molar-refractivity contribution < 1.29 is 9.13 Å². The summed E-state index contributed by atoms with van der Waals surface area (Å²) in [6.45, 7) is 7.37. The van der Waals surface area contributed by atoms with Gasteiger partial charge in [0.05, 0.1) is 18.7 Å². The number of halogens is 1. The highest BCUT2D eigenvalue weighted by molar-refractivity contribution is 5.97. The summed E-state index contributed by atoms with van der Waals surface area (Å²) in [7, 11) is 1.60. The van der Waals surface area contributed by atoms with Crippen LogP contribution in [0.4, 0.5) is 4.39 Å². The van der Waals surface area contributed by atoms with Crippen molar-refractivity contribution in [3.05, 3.63) is 48.4 Å². The number of rotatable bonds is 6. The van der Waals surface area contributed by atoms with E-state index in [0.29, 0.717) is 11.4 Å². The van der Waals surface area contributed by atoms with Crippen LogP contribution >= 0.6 is 0 Å². The first-order valence-corrected chi connectivity index (χ1v) is 11.6. The molecule has 7 nitrogen and oxygen atoms in total. The summed E-state index contributed by atoms with van der Waals surface area (Å²) in [5, 5.41) is 5.18. The molecule has 0 atom stereocenters. The zero-order valence-electron chi connectivity index (χ0n) is 19.3. The van der Waals surface area contributed by atoms with Gasteiger partial charge in [-0.05, 0) is 37.9 Å². The van der Waals surface area contributed by atoms with E-state index >= 15 is 0 Å². The summed E-state index contributed by atoms with van der Waals surface area (Å²) in [6.07, 6.45) is 8.14. The van der Waals surface area contributed by atoms with E-state index in [0.717, 1.165) is 72.3 Å². The van der Waals surface area contributed by atoms with Crippen LogP contribution in [0.5, 0.6) is 5.88 Å². The van der Waals surface area contributed by atoms with E-state index in [9.17, 15) is 4.39 Å². The van der Waals surface area contributed by atoms with Gasteiger partial charge < -0.3 is 14.6 Å². The van der Waals surface area contributed by atoms with Gasteiger partial charge in [0.25, 0.3) is 0 Å². The van der Waals surface area contributed by atoms with Crippen LogP contribution in [0, 0.1) is 5.95 Å². The summed E-state index contributed by atoms with van der Waals surface area (Å²) in [6, 6.07) is 6.06. The predicted molar refractivity (Wildman–Crippen MR) is 127 cm³/mol. The zero-order chi connectivity index (χ0) is 22.9. The Bertz CT molecular complexity index is 1250. The summed E-state index contributed by atoms with van der Waals surface area (Å²) in [5.41, 5.74) is 5.07. The molecule has 0 aliphatic carbocycles. The molecule has 0 bridgehead atoms. The second kappa shape index (κ2) is 8.94. The zero-order valence-corrected chi connectivity index (χ0v) is 19.3. The maximum absolute atomic E-state index is 15.0. The van der Waals surface area contributed by atoms with Gasteiger partial charge in [-0.1, -0.05) is 13.8 Å². The number of pyridine rings is 2. The van der Waals surface area contributed by atoms with E-state index in [1.165, 1.54) is 0 Å². The highest BCUT2D eigenvalue weighted by Gasteiger charge is 2.23. The monoisotopic (exact) mass is 448 g/mol. The van der Waals surface area contributed by atoms with E-state index in [2.05, 4.69) is 38.8 Å². The maximum Gasteiger partial charge on any atom is 0.240 e. The first kappa shape index (κ1) is 21.6. The summed E-state index contributed by atoms with van der Waals surface area (Å²) >= 11 is 0. The van der Waals surface area contributed by atoms with Gasteiger partial charge >= 0.3 is 0 Å². The third-order valence-electron chi connectivity index (χ3n) is 6.69. The Morgan fingerprint density at radius 2 is 1.91 bits per heavy atom. The molecule has 1 saturated heterocycles. The molecule has 172 valence electrons. The topological polar surface area (TPSA) is 71.9 Å². The summed E-state index contributed by atoms with van der Waals surface area (Å²) < 4.78 is 22.0. The molecule has 1 aliphatic heterocycles. The largest absolute Gasteiger partial charge is 0.481 e. The van der Waals surface area contributed by atoms with Gasteiger partial charge in [0, 0.05) is 65.5 Å². The number of aryl methyl sites for hydroxylation is 1. The number of piperidine rings is 1. The standard InChI is InChI=1S/C25H29FN6O/c1-4-21-23(16-6-7-22(33-3)27-13-16)19-12-17(14-28-25(19)29-21)20-15-32(30-24(20)26)18-8-10-31(5-2)11-9-18/h6-7,12-15,18H,4-5,8-11H2,1-3H3,(H,28,29). The van der Waals surface area contributed by atoms with Crippen molar-refractivity contribution in [3.63, 3.8) is 0 Å². The molecule has 0 radical (unpaired) electrons. The van der Waals surface area contributed by atoms with Crippen molar-refractivity contribution in [2.24, 2.45) is 0 Å². The number of hydrogen-bond acceptors (Lipinski definition) is 5. The van der Waals surface area contributed by atoms with Crippen LogP contribution in [0.3, 0.4) is 0 Å². The molecule has 4 aromatic heterocycles. The van der Waals surface area contributed by atoms with E-state index in [4.69, 9.17) is 4.74 Å². The minimum atomic E-state index is -0.451. The van der Waals surface area contributed by atoms with Gasteiger partial charge in [-0.15, -0.1) is 5.10 Å². The van der Waals surface area contributed by atoms with Gasteiger partial charge in [-0.25, -0.2) is 9.97 Å². The third-order valence-corrected chi connectivity index (χ3v) is 6.69.